The Morgan fingerprint density at radius 2 is 1.77 bits per heavy atom. The molecule has 7 heteroatoms. The van der Waals surface area contributed by atoms with Gasteiger partial charge in [0.25, 0.3) is 5.91 Å². The third-order valence-electron chi connectivity index (χ3n) is 3.60. The Hall–Kier alpha value is -2.99. The van der Waals surface area contributed by atoms with E-state index in [0.717, 1.165) is 11.3 Å². The molecule has 1 amide bonds. The fourth-order valence-electron chi connectivity index (χ4n) is 2.27. The number of nitrogens with zero attached hydrogens (tertiary/aromatic N) is 2. The molecule has 132 valence electrons. The molecule has 0 unspecified atom stereocenters. The molecule has 3 rings (SSSR count). The largest absolute Gasteiger partial charge is 0.350 e. The number of benzene rings is 2. The van der Waals surface area contributed by atoms with Gasteiger partial charge in [-0.2, -0.15) is 0 Å². The Kier molecular flexibility index (Phi) is 5.76. The van der Waals surface area contributed by atoms with Crippen LogP contribution < -0.4 is 10.6 Å². The molecule has 5 nitrogen and oxygen atoms in total. The lowest BCUT2D eigenvalue weighted by Gasteiger charge is -2.08. The summed E-state index contributed by atoms with van der Waals surface area (Å²) in [5.74, 6) is -0.258. The van der Waals surface area contributed by atoms with Gasteiger partial charge in [-0.25, -0.2) is 14.4 Å². The Bertz CT molecular complexity index is 885. The first-order valence-corrected chi connectivity index (χ1v) is 8.36. The lowest BCUT2D eigenvalue weighted by Crippen LogP contribution is -2.26. The second-order valence-electron chi connectivity index (χ2n) is 5.53. The van der Waals surface area contributed by atoms with E-state index in [0.29, 0.717) is 23.9 Å². The zero-order chi connectivity index (χ0) is 18.4. The van der Waals surface area contributed by atoms with Crippen molar-refractivity contribution in [1.82, 2.24) is 15.3 Å². The number of anilines is 2. The van der Waals surface area contributed by atoms with Gasteiger partial charge in [-0.1, -0.05) is 23.7 Å². The smallest absolute Gasteiger partial charge is 0.270 e. The molecule has 1 aromatic heterocycles. The number of amides is 1. The van der Waals surface area contributed by atoms with E-state index in [1.54, 1.807) is 42.5 Å². The fourth-order valence-corrected chi connectivity index (χ4v) is 2.40. The van der Waals surface area contributed by atoms with E-state index in [4.69, 9.17) is 11.6 Å². The first kappa shape index (κ1) is 17.8. The summed E-state index contributed by atoms with van der Waals surface area (Å²) in [6.07, 6.45) is 2.12. The van der Waals surface area contributed by atoms with Gasteiger partial charge in [-0.3, -0.25) is 4.79 Å². The van der Waals surface area contributed by atoms with Crippen molar-refractivity contribution in [2.45, 2.75) is 6.42 Å². The first-order chi connectivity index (χ1) is 12.6. The van der Waals surface area contributed by atoms with Crippen LogP contribution in [-0.2, 0) is 6.42 Å². The zero-order valence-electron chi connectivity index (χ0n) is 13.7. The normalized spacial score (nSPS) is 10.4. The molecule has 0 saturated heterocycles. The summed E-state index contributed by atoms with van der Waals surface area (Å²) < 4.78 is 12.9. The maximum atomic E-state index is 12.9. The van der Waals surface area contributed by atoms with Crippen molar-refractivity contribution < 1.29 is 9.18 Å². The average Bonchev–Trinajstić information content (AvgIpc) is 2.65. The summed E-state index contributed by atoms with van der Waals surface area (Å²) >= 11 is 5.85. The average molecular weight is 371 g/mol. The minimum absolute atomic E-state index is 0.260. The number of hydrogen-bond acceptors (Lipinski definition) is 4. The van der Waals surface area contributed by atoms with Gasteiger partial charge < -0.3 is 10.6 Å². The molecule has 0 radical (unpaired) electrons. The Labute approximate surface area is 155 Å². The van der Waals surface area contributed by atoms with Gasteiger partial charge in [0.2, 0.25) is 5.95 Å². The van der Waals surface area contributed by atoms with E-state index in [1.807, 2.05) is 0 Å². The number of halogens is 2. The molecule has 1 heterocycles. The van der Waals surface area contributed by atoms with Crippen LogP contribution in [0.3, 0.4) is 0 Å². The molecule has 0 aliphatic heterocycles. The Morgan fingerprint density at radius 1 is 1.04 bits per heavy atom. The van der Waals surface area contributed by atoms with Gasteiger partial charge >= 0.3 is 0 Å². The van der Waals surface area contributed by atoms with Gasteiger partial charge in [0.1, 0.15) is 11.5 Å². The summed E-state index contributed by atoms with van der Waals surface area (Å²) in [7, 11) is 0. The van der Waals surface area contributed by atoms with Crippen molar-refractivity contribution in [1.29, 1.82) is 0 Å². The molecular weight excluding hydrogens is 355 g/mol. The molecule has 2 N–H and O–H groups in total. The van der Waals surface area contributed by atoms with Crippen LogP contribution in [0.25, 0.3) is 0 Å². The molecule has 26 heavy (non-hydrogen) atoms. The van der Waals surface area contributed by atoms with Crippen LogP contribution in [0.2, 0.25) is 5.02 Å². The van der Waals surface area contributed by atoms with Gasteiger partial charge in [0.15, 0.2) is 0 Å². The van der Waals surface area contributed by atoms with Crippen LogP contribution in [-0.4, -0.2) is 22.4 Å². The predicted octanol–water partition coefficient (Wildman–Crippen LogP) is 3.99. The van der Waals surface area contributed by atoms with Crippen molar-refractivity contribution in [3.8, 4) is 0 Å². The summed E-state index contributed by atoms with van der Waals surface area (Å²) in [5.41, 5.74) is 1.97. The van der Waals surface area contributed by atoms with Crippen molar-refractivity contribution in [3.63, 3.8) is 0 Å². The Morgan fingerprint density at radius 3 is 2.50 bits per heavy atom. The highest BCUT2D eigenvalue weighted by Gasteiger charge is 2.08. The number of rotatable bonds is 6. The minimum atomic E-state index is -0.298. The van der Waals surface area contributed by atoms with Crippen LogP contribution >= 0.6 is 11.6 Å². The van der Waals surface area contributed by atoms with Gasteiger partial charge in [0.05, 0.1) is 0 Å². The fraction of sp³-hybridized carbons (Fsp3) is 0.105. The Balaban J connectivity index is 1.57. The highest BCUT2D eigenvalue weighted by molar-refractivity contribution is 6.30. The monoisotopic (exact) mass is 370 g/mol. The predicted molar refractivity (Wildman–Crippen MR) is 99.2 cm³/mol. The lowest BCUT2D eigenvalue weighted by atomic mass is 10.1. The second kappa shape index (κ2) is 8.40. The van der Waals surface area contributed by atoms with E-state index < -0.39 is 0 Å². The topological polar surface area (TPSA) is 66.9 Å². The van der Waals surface area contributed by atoms with Crippen LogP contribution in [0.15, 0.2) is 60.8 Å². The van der Waals surface area contributed by atoms with Crippen molar-refractivity contribution >= 4 is 29.1 Å². The van der Waals surface area contributed by atoms with Gasteiger partial charge in [-0.15, -0.1) is 0 Å². The van der Waals surface area contributed by atoms with Crippen LogP contribution in [0.4, 0.5) is 16.0 Å². The molecule has 3 aromatic rings. The van der Waals surface area contributed by atoms with Gasteiger partial charge in [0, 0.05) is 23.5 Å². The summed E-state index contributed by atoms with van der Waals surface area (Å²) in [6.45, 7) is 0.425. The van der Waals surface area contributed by atoms with Gasteiger partial charge in [-0.05, 0) is 54.4 Å². The molecule has 2 aromatic carbocycles. The van der Waals surface area contributed by atoms with E-state index in [1.165, 1.54) is 18.3 Å². The number of hydrogen-bond donors (Lipinski definition) is 2. The van der Waals surface area contributed by atoms with Crippen molar-refractivity contribution in [2.24, 2.45) is 0 Å². The molecule has 0 spiro atoms. The highest BCUT2D eigenvalue weighted by Crippen LogP contribution is 2.16. The highest BCUT2D eigenvalue weighted by atomic mass is 35.5. The molecule has 0 aliphatic carbocycles. The SMILES string of the molecule is O=C(NCCc1ccc(F)cc1)c1ccnc(Nc2ccc(Cl)cc2)n1. The maximum absolute atomic E-state index is 12.9. The molecule has 0 atom stereocenters. The number of aromatic nitrogens is 2. The summed E-state index contributed by atoms with van der Waals surface area (Å²) in [6, 6.07) is 14.8. The van der Waals surface area contributed by atoms with E-state index in [-0.39, 0.29) is 17.4 Å². The lowest BCUT2D eigenvalue weighted by molar-refractivity contribution is 0.0949. The van der Waals surface area contributed by atoms with Crippen molar-refractivity contribution in [2.75, 3.05) is 11.9 Å². The van der Waals surface area contributed by atoms with E-state index in [9.17, 15) is 9.18 Å². The number of carbonyl (C=O) groups is 1. The molecule has 0 bridgehead atoms. The zero-order valence-corrected chi connectivity index (χ0v) is 14.5. The summed E-state index contributed by atoms with van der Waals surface area (Å²) in [4.78, 5) is 20.5. The molecule has 0 fully saturated rings. The number of nitrogens with one attached hydrogen (secondary N) is 2. The van der Waals surface area contributed by atoms with Crippen LogP contribution in [0.1, 0.15) is 16.1 Å². The first-order valence-electron chi connectivity index (χ1n) is 7.98. The van der Waals surface area contributed by atoms with E-state index in [2.05, 4.69) is 20.6 Å². The molecular formula is C19H16ClFN4O. The van der Waals surface area contributed by atoms with Crippen LogP contribution in [0.5, 0.6) is 0 Å². The standard InChI is InChI=1S/C19H16ClFN4O/c20-14-3-7-16(8-4-14)24-19-23-12-10-17(25-19)18(26)22-11-9-13-1-5-15(21)6-2-13/h1-8,10,12H,9,11H2,(H,22,26)(H,23,24,25). The van der Waals surface area contributed by atoms with E-state index >= 15 is 0 Å². The van der Waals surface area contributed by atoms with Crippen LogP contribution in [0, 0.1) is 5.82 Å². The molecule has 0 aliphatic rings. The number of carbonyl (C=O) groups excluding carboxylic acids is 1. The second-order valence-corrected chi connectivity index (χ2v) is 5.97. The quantitative estimate of drug-likeness (QED) is 0.688. The minimum Gasteiger partial charge on any atom is -0.350 e. The molecule has 0 saturated carbocycles. The third-order valence-corrected chi connectivity index (χ3v) is 3.85. The van der Waals surface area contributed by atoms with Crippen molar-refractivity contribution in [3.05, 3.63) is 82.9 Å². The third kappa shape index (κ3) is 5.00. The maximum Gasteiger partial charge on any atom is 0.270 e. The summed E-state index contributed by atoms with van der Waals surface area (Å²) in [5, 5.41) is 6.44.